The van der Waals surface area contributed by atoms with E-state index in [1.807, 2.05) is 0 Å². The van der Waals surface area contributed by atoms with Crippen molar-refractivity contribution in [3.8, 4) is 5.75 Å². The lowest BCUT2D eigenvalue weighted by molar-refractivity contribution is -0.0347. The Morgan fingerprint density at radius 3 is 2.71 bits per heavy atom. The van der Waals surface area contributed by atoms with E-state index in [1.165, 1.54) is 44.3 Å². The molecule has 0 bridgehead atoms. The van der Waals surface area contributed by atoms with Gasteiger partial charge in [-0.2, -0.15) is 0 Å². The van der Waals surface area contributed by atoms with E-state index in [9.17, 15) is 0 Å². The third-order valence-corrected chi connectivity index (χ3v) is 4.28. The normalized spacial score (nSPS) is 23.4. The lowest BCUT2D eigenvalue weighted by atomic mass is 9.62. The summed E-state index contributed by atoms with van der Waals surface area (Å²) in [6, 6.07) is 8.39. The van der Waals surface area contributed by atoms with Crippen molar-refractivity contribution < 1.29 is 4.74 Å². The van der Waals surface area contributed by atoms with Gasteiger partial charge in [0.05, 0.1) is 6.10 Å². The summed E-state index contributed by atoms with van der Waals surface area (Å²) >= 11 is 0. The van der Waals surface area contributed by atoms with Crippen LogP contribution in [0, 0.1) is 12.3 Å². The fourth-order valence-corrected chi connectivity index (χ4v) is 3.24. The number of aryl methyl sites for hydroxylation is 1. The number of hydrogen-bond donors (Lipinski definition) is 1. The van der Waals surface area contributed by atoms with E-state index in [0.29, 0.717) is 11.5 Å². The number of hydrogen-bond acceptors (Lipinski definition) is 2. The monoisotopic (exact) mass is 231 g/mol. The quantitative estimate of drug-likeness (QED) is 0.845. The van der Waals surface area contributed by atoms with E-state index in [1.54, 1.807) is 0 Å². The molecule has 1 aliphatic heterocycles. The summed E-state index contributed by atoms with van der Waals surface area (Å²) in [6.45, 7) is 4.50. The summed E-state index contributed by atoms with van der Waals surface area (Å²) in [7, 11) is 0. The Balaban J connectivity index is 1.55. The second-order valence-electron chi connectivity index (χ2n) is 5.71. The fourth-order valence-electron chi connectivity index (χ4n) is 3.24. The summed E-state index contributed by atoms with van der Waals surface area (Å²) in [5.41, 5.74) is 1.89. The summed E-state index contributed by atoms with van der Waals surface area (Å²) in [4.78, 5) is 0. The van der Waals surface area contributed by atoms with Crippen molar-refractivity contribution in [3.63, 3.8) is 0 Å². The molecule has 1 saturated carbocycles. The van der Waals surface area contributed by atoms with Crippen molar-refractivity contribution in [3.05, 3.63) is 29.8 Å². The van der Waals surface area contributed by atoms with Gasteiger partial charge < -0.3 is 10.1 Å². The Hall–Kier alpha value is -1.02. The molecule has 0 radical (unpaired) electrons. The first-order chi connectivity index (χ1) is 8.26. The Bertz CT molecular complexity index is 388. The molecule has 2 aliphatic rings. The molecule has 92 valence electrons. The first-order valence-corrected chi connectivity index (χ1v) is 6.70. The molecule has 0 amide bonds. The maximum absolute atomic E-state index is 6.04. The first kappa shape index (κ1) is 11.1. The topological polar surface area (TPSA) is 21.3 Å². The number of rotatable bonds is 2. The SMILES string of the molecule is Cc1cccc(OC2CC3(CCNCC3)C2)c1. The van der Waals surface area contributed by atoms with Gasteiger partial charge in [0, 0.05) is 0 Å². The molecule has 1 aromatic carbocycles. The first-order valence-electron chi connectivity index (χ1n) is 6.70. The largest absolute Gasteiger partial charge is 0.490 e. The van der Waals surface area contributed by atoms with Gasteiger partial charge in [0.1, 0.15) is 5.75 Å². The maximum Gasteiger partial charge on any atom is 0.119 e. The van der Waals surface area contributed by atoms with Crippen LogP contribution in [0.3, 0.4) is 0 Å². The van der Waals surface area contributed by atoms with Crippen LogP contribution in [0.5, 0.6) is 5.75 Å². The van der Waals surface area contributed by atoms with Gasteiger partial charge in [0.25, 0.3) is 0 Å². The molecule has 3 rings (SSSR count). The van der Waals surface area contributed by atoms with Crippen LogP contribution in [-0.4, -0.2) is 19.2 Å². The molecular weight excluding hydrogens is 210 g/mol. The predicted molar refractivity (Wildman–Crippen MR) is 69.4 cm³/mol. The van der Waals surface area contributed by atoms with E-state index in [2.05, 4.69) is 36.5 Å². The minimum Gasteiger partial charge on any atom is -0.490 e. The molecule has 0 unspecified atom stereocenters. The van der Waals surface area contributed by atoms with Crippen LogP contribution in [-0.2, 0) is 0 Å². The van der Waals surface area contributed by atoms with Crippen LogP contribution >= 0.6 is 0 Å². The van der Waals surface area contributed by atoms with Crippen LogP contribution in [0.25, 0.3) is 0 Å². The van der Waals surface area contributed by atoms with Gasteiger partial charge in [0.2, 0.25) is 0 Å². The Kier molecular flexibility index (Phi) is 2.83. The molecule has 0 aromatic heterocycles. The number of benzene rings is 1. The smallest absolute Gasteiger partial charge is 0.119 e. The third-order valence-electron chi connectivity index (χ3n) is 4.28. The van der Waals surface area contributed by atoms with E-state index in [-0.39, 0.29) is 0 Å². The molecule has 1 heterocycles. The molecular formula is C15H21NO. The highest BCUT2D eigenvalue weighted by molar-refractivity contribution is 5.28. The predicted octanol–water partition coefficient (Wildman–Crippen LogP) is 2.91. The van der Waals surface area contributed by atoms with Crippen LogP contribution < -0.4 is 10.1 Å². The fraction of sp³-hybridized carbons (Fsp3) is 0.600. The molecule has 1 aliphatic carbocycles. The van der Waals surface area contributed by atoms with Crippen molar-refractivity contribution in [2.75, 3.05) is 13.1 Å². The lowest BCUT2D eigenvalue weighted by Crippen LogP contribution is -2.49. The zero-order valence-electron chi connectivity index (χ0n) is 10.5. The van der Waals surface area contributed by atoms with Crippen molar-refractivity contribution in [1.82, 2.24) is 5.32 Å². The molecule has 1 spiro atoms. The van der Waals surface area contributed by atoms with Crippen molar-refractivity contribution in [2.45, 2.75) is 38.7 Å². The summed E-state index contributed by atoms with van der Waals surface area (Å²) in [5.74, 6) is 1.04. The molecule has 2 heteroatoms. The van der Waals surface area contributed by atoms with Gasteiger partial charge in [-0.15, -0.1) is 0 Å². The Labute approximate surface area is 103 Å². The van der Waals surface area contributed by atoms with Crippen LogP contribution in [0.15, 0.2) is 24.3 Å². The van der Waals surface area contributed by atoms with Gasteiger partial charge in [0.15, 0.2) is 0 Å². The van der Waals surface area contributed by atoms with Gasteiger partial charge in [-0.05, 0) is 68.8 Å². The van der Waals surface area contributed by atoms with E-state index in [4.69, 9.17) is 4.74 Å². The highest BCUT2D eigenvalue weighted by Crippen LogP contribution is 2.49. The maximum atomic E-state index is 6.04. The average molecular weight is 231 g/mol. The Morgan fingerprint density at radius 2 is 2.00 bits per heavy atom. The third kappa shape index (κ3) is 2.32. The van der Waals surface area contributed by atoms with E-state index < -0.39 is 0 Å². The molecule has 2 nitrogen and oxygen atoms in total. The minimum absolute atomic E-state index is 0.454. The number of nitrogens with one attached hydrogen (secondary N) is 1. The molecule has 1 N–H and O–H groups in total. The number of piperidine rings is 1. The zero-order chi connectivity index (χ0) is 11.7. The van der Waals surface area contributed by atoms with Crippen LogP contribution in [0.4, 0.5) is 0 Å². The highest BCUT2D eigenvalue weighted by atomic mass is 16.5. The molecule has 0 atom stereocenters. The standard InChI is InChI=1S/C15H21NO/c1-12-3-2-4-13(9-12)17-14-10-15(11-14)5-7-16-8-6-15/h2-4,9,14,16H,5-8,10-11H2,1H3. The highest BCUT2D eigenvalue weighted by Gasteiger charge is 2.45. The summed E-state index contributed by atoms with van der Waals surface area (Å²) in [6.07, 6.45) is 5.63. The van der Waals surface area contributed by atoms with Crippen molar-refractivity contribution >= 4 is 0 Å². The van der Waals surface area contributed by atoms with Crippen LogP contribution in [0.1, 0.15) is 31.2 Å². The van der Waals surface area contributed by atoms with E-state index >= 15 is 0 Å². The second kappa shape index (κ2) is 4.34. The average Bonchev–Trinajstić information content (AvgIpc) is 2.28. The molecule has 1 aromatic rings. The van der Waals surface area contributed by atoms with Gasteiger partial charge in [-0.3, -0.25) is 0 Å². The summed E-state index contributed by atoms with van der Waals surface area (Å²) in [5, 5.41) is 3.44. The Morgan fingerprint density at radius 1 is 1.24 bits per heavy atom. The molecule has 17 heavy (non-hydrogen) atoms. The molecule has 2 fully saturated rings. The zero-order valence-corrected chi connectivity index (χ0v) is 10.5. The second-order valence-corrected chi connectivity index (χ2v) is 5.71. The molecule has 1 saturated heterocycles. The minimum atomic E-state index is 0.454. The number of ether oxygens (including phenoxy) is 1. The van der Waals surface area contributed by atoms with E-state index in [0.717, 1.165) is 5.75 Å². The van der Waals surface area contributed by atoms with Gasteiger partial charge in [-0.25, -0.2) is 0 Å². The van der Waals surface area contributed by atoms with Gasteiger partial charge >= 0.3 is 0 Å². The lowest BCUT2D eigenvalue weighted by Gasteiger charge is -2.49. The van der Waals surface area contributed by atoms with Crippen molar-refractivity contribution in [1.29, 1.82) is 0 Å². The van der Waals surface area contributed by atoms with Gasteiger partial charge in [-0.1, -0.05) is 12.1 Å². The van der Waals surface area contributed by atoms with Crippen LogP contribution in [0.2, 0.25) is 0 Å². The van der Waals surface area contributed by atoms with Crippen molar-refractivity contribution in [2.24, 2.45) is 5.41 Å². The summed E-state index contributed by atoms with van der Waals surface area (Å²) < 4.78 is 6.04.